The highest BCUT2D eigenvalue weighted by Gasteiger charge is 2.27. The standard InChI is InChI=1S/C39H40F3N7O4/c40-39(41,42)13-14-43-38-45-24-31-30(23-44-36(31)47-38)27-10-8-26(9-11-27)25-49-17-15-48(16-18-49)19-21-52-20-12-28-4-1-2-6-32(28)53-33-7-3-5-29-22-34(50)46-37(51)35(29)33/h1-11,23-24H,12-22,25H2,(H,46,50,51)(H2,43,44,45,47). The van der Waals surface area contributed by atoms with Crippen molar-refractivity contribution in [3.05, 3.63) is 101 Å². The van der Waals surface area contributed by atoms with Gasteiger partial charge in [0.1, 0.15) is 17.1 Å². The van der Waals surface area contributed by atoms with Gasteiger partial charge in [-0.1, -0.05) is 54.6 Å². The average molecular weight is 728 g/mol. The minimum atomic E-state index is -4.23. The molecule has 14 heteroatoms. The topological polar surface area (TPSA) is 125 Å². The molecule has 4 heterocycles. The molecule has 2 amide bonds. The number of hydrogen-bond acceptors (Lipinski definition) is 9. The lowest BCUT2D eigenvalue weighted by atomic mass is 9.99. The third-order valence-corrected chi connectivity index (χ3v) is 9.46. The van der Waals surface area contributed by atoms with Crippen LogP contribution in [0.1, 0.15) is 33.5 Å². The van der Waals surface area contributed by atoms with Crippen LogP contribution in [0.25, 0.3) is 22.2 Å². The molecule has 3 N–H and O–H groups in total. The number of halogens is 3. The Labute approximate surface area is 304 Å². The second-order valence-corrected chi connectivity index (χ2v) is 13.2. The van der Waals surface area contributed by atoms with Crippen LogP contribution in [0.3, 0.4) is 0 Å². The number of carbonyl (C=O) groups is 2. The number of fused-ring (bicyclic) bond motifs is 2. The minimum absolute atomic E-state index is 0.146. The van der Waals surface area contributed by atoms with Gasteiger partial charge in [0.15, 0.2) is 0 Å². The van der Waals surface area contributed by atoms with Gasteiger partial charge >= 0.3 is 6.18 Å². The Kier molecular flexibility index (Phi) is 11.0. The molecule has 0 atom stereocenters. The van der Waals surface area contributed by atoms with Crippen molar-refractivity contribution < 1.29 is 32.2 Å². The van der Waals surface area contributed by atoms with Gasteiger partial charge in [-0.15, -0.1) is 0 Å². The van der Waals surface area contributed by atoms with Gasteiger partial charge in [-0.3, -0.25) is 24.7 Å². The number of imide groups is 1. The molecule has 0 unspecified atom stereocenters. The lowest BCUT2D eigenvalue weighted by Crippen LogP contribution is -2.46. The van der Waals surface area contributed by atoms with E-state index in [-0.39, 0.29) is 24.8 Å². The van der Waals surface area contributed by atoms with E-state index in [0.717, 1.165) is 61.3 Å². The van der Waals surface area contributed by atoms with Gasteiger partial charge < -0.3 is 19.8 Å². The minimum Gasteiger partial charge on any atom is -0.456 e. The summed E-state index contributed by atoms with van der Waals surface area (Å²) in [6.45, 7) is 6.42. The number of piperazine rings is 1. The normalized spacial score (nSPS) is 15.4. The van der Waals surface area contributed by atoms with Crippen LogP contribution in [0.15, 0.2) is 79.1 Å². The maximum atomic E-state index is 12.5. The van der Waals surface area contributed by atoms with Gasteiger partial charge in [0.25, 0.3) is 5.91 Å². The van der Waals surface area contributed by atoms with E-state index in [0.29, 0.717) is 47.9 Å². The summed E-state index contributed by atoms with van der Waals surface area (Å²) in [6.07, 6.45) is -0.913. The molecule has 0 radical (unpaired) electrons. The fourth-order valence-electron chi connectivity index (χ4n) is 6.65. The van der Waals surface area contributed by atoms with Crippen LogP contribution in [0, 0.1) is 0 Å². The molecule has 7 rings (SSSR count). The van der Waals surface area contributed by atoms with Gasteiger partial charge in [-0.2, -0.15) is 18.2 Å². The van der Waals surface area contributed by atoms with Crippen molar-refractivity contribution in [2.24, 2.45) is 0 Å². The molecule has 2 aliphatic rings. The summed E-state index contributed by atoms with van der Waals surface area (Å²) in [6, 6.07) is 21.4. The molecule has 11 nitrogen and oxygen atoms in total. The summed E-state index contributed by atoms with van der Waals surface area (Å²) in [5, 5.41) is 5.81. The van der Waals surface area contributed by atoms with Gasteiger partial charge in [-0.05, 0) is 40.8 Å². The molecule has 3 aromatic carbocycles. The van der Waals surface area contributed by atoms with Crippen LogP contribution >= 0.6 is 0 Å². The molecule has 2 aliphatic heterocycles. The Hall–Kier alpha value is -5.31. The number of anilines is 1. The van der Waals surface area contributed by atoms with Gasteiger partial charge in [-0.25, -0.2) is 4.98 Å². The van der Waals surface area contributed by atoms with Crippen molar-refractivity contribution in [1.29, 1.82) is 0 Å². The fourth-order valence-corrected chi connectivity index (χ4v) is 6.65. The molecule has 1 fully saturated rings. The Morgan fingerprint density at radius 3 is 2.47 bits per heavy atom. The summed E-state index contributed by atoms with van der Waals surface area (Å²) in [4.78, 5) is 40.8. The molecule has 53 heavy (non-hydrogen) atoms. The number of nitrogens with one attached hydrogen (secondary N) is 3. The number of hydrogen-bond donors (Lipinski definition) is 3. The summed E-state index contributed by atoms with van der Waals surface area (Å²) in [5.41, 5.74) is 5.75. The molecule has 0 spiro atoms. The fraction of sp³-hybridized carbons (Fsp3) is 0.333. The zero-order valence-electron chi connectivity index (χ0n) is 29.0. The van der Waals surface area contributed by atoms with Crippen molar-refractivity contribution in [2.45, 2.75) is 32.0 Å². The largest absolute Gasteiger partial charge is 0.456 e. The van der Waals surface area contributed by atoms with E-state index in [1.165, 1.54) is 5.56 Å². The number of benzene rings is 3. The van der Waals surface area contributed by atoms with E-state index in [1.807, 2.05) is 30.5 Å². The smallest absolute Gasteiger partial charge is 0.390 e. The zero-order chi connectivity index (χ0) is 36.8. The van der Waals surface area contributed by atoms with Crippen LogP contribution in [0.4, 0.5) is 19.1 Å². The zero-order valence-corrected chi connectivity index (χ0v) is 29.0. The van der Waals surface area contributed by atoms with Gasteiger partial charge in [0.05, 0.1) is 31.6 Å². The van der Waals surface area contributed by atoms with Crippen molar-refractivity contribution in [3.63, 3.8) is 0 Å². The van der Waals surface area contributed by atoms with Crippen molar-refractivity contribution in [3.8, 4) is 22.6 Å². The monoisotopic (exact) mass is 727 g/mol. The Morgan fingerprint density at radius 1 is 0.887 bits per heavy atom. The SMILES string of the molecule is O=C1Cc2cccc(Oc3ccccc3CCOCCN3CCN(Cc4ccc(-c5c[nH]c6nc(NCCC(F)(F)F)ncc56)cc4)CC3)c2C(=O)N1. The molecular formula is C39H40F3N7O4. The Balaban J connectivity index is 0.829. The van der Waals surface area contributed by atoms with Crippen LogP contribution < -0.4 is 15.4 Å². The second kappa shape index (κ2) is 16.1. The van der Waals surface area contributed by atoms with Gasteiger partial charge in [0.2, 0.25) is 11.9 Å². The third kappa shape index (κ3) is 9.20. The number of H-pyrrole nitrogens is 1. The van der Waals surface area contributed by atoms with Crippen LogP contribution in [0.2, 0.25) is 0 Å². The molecule has 5 aromatic rings. The summed E-state index contributed by atoms with van der Waals surface area (Å²) >= 11 is 0. The van der Waals surface area contributed by atoms with E-state index in [1.54, 1.807) is 24.4 Å². The number of alkyl halides is 3. The maximum absolute atomic E-state index is 12.5. The summed E-state index contributed by atoms with van der Waals surface area (Å²) < 4.78 is 49.6. The molecule has 1 saturated heterocycles. The first-order chi connectivity index (χ1) is 25.7. The third-order valence-electron chi connectivity index (χ3n) is 9.46. The predicted molar refractivity (Wildman–Crippen MR) is 194 cm³/mol. The van der Waals surface area contributed by atoms with Crippen LogP contribution in [0.5, 0.6) is 11.5 Å². The quantitative estimate of drug-likeness (QED) is 0.0938. The van der Waals surface area contributed by atoms with Crippen molar-refractivity contribution >= 4 is 28.8 Å². The Bertz CT molecular complexity index is 2060. The highest BCUT2D eigenvalue weighted by atomic mass is 19.4. The summed E-state index contributed by atoms with van der Waals surface area (Å²) in [7, 11) is 0. The molecule has 276 valence electrons. The maximum Gasteiger partial charge on any atom is 0.390 e. The van der Waals surface area contributed by atoms with E-state index in [2.05, 4.69) is 59.7 Å². The summed E-state index contributed by atoms with van der Waals surface area (Å²) in [5.74, 6) is 0.483. The molecule has 0 aliphatic carbocycles. The number of nitrogens with zero attached hydrogens (tertiary/aromatic N) is 4. The number of aromatic amines is 1. The van der Waals surface area contributed by atoms with Crippen LogP contribution in [-0.2, 0) is 28.9 Å². The Morgan fingerprint density at radius 2 is 1.66 bits per heavy atom. The average Bonchev–Trinajstić information content (AvgIpc) is 3.56. The number of carbonyl (C=O) groups excluding carboxylic acids is 2. The van der Waals surface area contributed by atoms with E-state index in [4.69, 9.17) is 9.47 Å². The van der Waals surface area contributed by atoms with Crippen molar-refractivity contribution in [2.75, 3.05) is 57.8 Å². The first-order valence-electron chi connectivity index (χ1n) is 17.7. The van der Waals surface area contributed by atoms with Crippen molar-refractivity contribution in [1.82, 2.24) is 30.1 Å². The molecule has 2 aromatic heterocycles. The lowest BCUT2D eigenvalue weighted by Gasteiger charge is -2.34. The number of amides is 2. The highest BCUT2D eigenvalue weighted by Crippen LogP contribution is 2.32. The number of ether oxygens (including phenoxy) is 2. The predicted octanol–water partition coefficient (Wildman–Crippen LogP) is 5.97. The molecule has 0 saturated carbocycles. The van der Waals surface area contributed by atoms with Gasteiger partial charge in [0, 0.05) is 69.2 Å². The van der Waals surface area contributed by atoms with E-state index >= 15 is 0 Å². The lowest BCUT2D eigenvalue weighted by molar-refractivity contribution is -0.131. The first-order valence-corrected chi connectivity index (χ1v) is 17.7. The number of aromatic nitrogens is 3. The first kappa shape index (κ1) is 36.1. The van der Waals surface area contributed by atoms with E-state index in [9.17, 15) is 22.8 Å². The molecular weight excluding hydrogens is 687 g/mol. The van der Waals surface area contributed by atoms with E-state index < -0.39 is 18.5 Å². The number of rotatable bonds is 14. The highest BCUT2D eigenvalue weighted by molar-refractivity contribution is 6.11. The second-order valence-electron chi connectivity index (χ2n) is 13.2. The van der Waals surface area contributed by atoms with Crippen LogP contribution in [-0.4, -0.2) is 95.2 Å². The molecule has 0 bridgehead atoms. The number of para-hydroxylation sites is 1.